The Morgan fingerprint density at radius 3 is 1.94 bits per heavy atom. The molecule has 0 bridgehead atoms. The highest BCUT2D eigenvalue weighted by Crippen LogP contribution is 2.21. The van der Waals surface area contributed by atoms with Gasteiger partial charge in [0.1, 0.15) is 0 Å². The summed E-state index contributed by atoms with van der Waals surface area (Å²) in [6.45, 7) is 1.64. The van der Waals surface area contributed by atoms with Gasteiger partial charge >= 0.3 is 11.9 Å². The second-order valence-electron chi connectivity index (χ2n) is 4.25. The zero-order valence-electron chi connectivity index (χ0n) is 9.80. The molecule has 2 rings (SSSR count). The van der Waals surface area contributed by atoms with Crippen LogP contribution in [0.3, 0.4) is 0 Å². The van der Waals surface area contributed by atoms with Crippen LogP contribution in [0.1, 0.15) is 40.2 Å². The van der Waals surface area contributed by atoms with E-state index in [1.54, 1.807) is 0 Å². The molecule has 2 N–H and O–H groups in total. The van der Waals surface area contributed by atoms with Crippen LogP contribution in [0.5, 0.6) is 0 Å². The van der Waals surface area contributed by atoms with Crippen molar-refractivity contribution in [1.82, 2.24) is 4.98 Å². The zero-order valence-corrected chi connectivity index (χ0v) is 9.80. The number of piperidine rings is 1. The quantitative estimate of drug-likeness (QED) is 0.844. The third-order valence-electron chi connectivity index (χ3n) is 2.97. The Kier molecular flexibility index (Phi) is 3.45. The molecular formula is C12H14N2O4. The Balaban J connectivity index is 2.38. The molecule has 96 valence electrons. The summed E-state index contributed by atoms with van der Waals surface area (Å²) in [5, 5.41) is 17.9. The maximum absolute atomic E-state index is 10.9. The van der Waals surface area contributed by atoms with E-state index in [1.165, 1.54) is 12.1 Å². The van der Waals surface area contributed by atoms with E-state index in [0.717, 1.165) is 32.4 Å². The summed E-state index contributed by atoms with van der Waals surface area (Å²) >= 11 is 0. The fraction of sp³-hybridized carbons (Fsp3) is 0.417. The van der Waals surface area contributed by atoms with Gasteiger partial charge in [0, 0.05) is 18.8 Å². The maximum Gasteiger partial charge on any atom is 0.354 e. The smallest absolute Gasteiger partial charge is 0.354 e. The number of carboxylic acids is 2. The largest absolute Gasteiger partial charge is 0.477 e. The minimum absolute atomic E-state index is 0.226. The van der Waals surface area contributed by atoms with E-state index in [-0.39, 0.29) is 11.4 Å². The summed E-state index contributed by atoms with van der Waals surface area (Å²) < 4.78 is 0. The normalized spacial score (nSPS) is 15.4. The second kappa shape index (κ2) is 5.03. The molecule has 1 fully saturated rings. The number of aromatic carboxylic acids is 2. The minimum atomic E-state index is -1.21. The van der Waals surface area contributed by atoms with Crippen LogP contribution in [0.25, 0.3) is 0 Å². The fourth-order valence-electron chi connectivity index (χ4n) is 2.07. The molecular weight excluding hydrogens is 236 g/mol. The Hall–Kier alpha value is -2.11. The van der Waals surface area contributed by atoms with Crippen molar-refractivity contribution in [1.29, 1.82) is 0 Å². The Morgan fingerprint density at radius 1 is 1.00 bits per heavy atom. The maximum atomic E-state index is 10.9. The highest BCUT2D eigenvalue weighted by atomic mass is 16.4. The van der Waals surface area contributed by atoms with Crippen molar-refractivity contribution >= 4 is 17.6 Å². The van der Waals surface area contributed by atoms with Gasteiger partial charge in [-0.15, -0.1) is 0 Å². The van der Waals surface area contributed by atoms with Crippen molar-refractivity contribution in [2.75, 3.05) is 18.0 Å². The molecule has 1 saturated heterocycles. The van der Waals surface area contributed by atoms with E-state index in [0.29, 0.717) is 5.69 Å². The number of pyridine rings is 1. The van der Waals surface area contributed by atoms with E-state index in [4.69, 9.17) is 10.2 Å². The van der Waals surface area contributed by atoms with E-state index < -0.39 is 11.9 Å². The molecule has 0 radical (unpaired) electrons. The highest BCUT2D eigenvalue weighted by Gasteiger charge is 2.17. The molecule has 0 atom stereocenters. The topological polar surface area (TPSA) is 90.7 Å². The summed E-state index contributed by atoms with van der Waals surface area (Å²) in [4.78, 5) is 27.5. The monoisotopic (exact) mass is 250 g/mol. The van der Waals surface area contributed by atoms with E-state index in [9.17, 15) is 9.59 Å². The third kappa shape index (κ3) is 2.58. The molecule has 6 nitrogen and oxygen atoms in total. The van der Waals surface area contributed by atoms with E-state index in [2.05, 4.69) is 4.98 Å². The second-order valence-corrected chi connectivity index (χ2v) is 4.25. The predicted octanol–water partition coefficient (Wildman–Crippen LogP) is 1.47. The molecule has 1 aliphatic heterocycles. The zero-order chi connectivity index (χ0) is 13.1. The lowest BCUT2D eigenvalue weighted by Gasteiger charge is -2.29. The Morgan fingerprint density at radius 2 is 1.50 bits per heavy atom. The van der Waals surface area contributed by atoms with Crippen LogP contribution in [0.15, 0.2) is 12.1 Å². The molecule has 1 aromatic rings. The van der Waals surface area contributed by atoms with Crippen molar-refractivity contribution in [2.24, 2.45) is 0 Å². The number of anilines is 1. The van der Waals surface area contributed by atoms with Crippen molar-refractivity contribution in [3.05, 3.63) is 23.5 Å². The average Bonchev–Trinajstić information content (AvgIpc) is 2.39. The molecule has 1 aliphatic rings. The number of hydrogen-bond acceptors (Lipinski definition) is 4. The summed E-state index contributed by atoms with van der Waals surface area (Å²) in [5.74, 6) is -2.42. The first kappa shape index (κ1) is 12.3. The van der Waals surface area contributed by atoms with Gasteiger partial charge in [-0.3, -0.25) is 0 Å². The summed E-state index contributed by atoms with van der Waals surface area (Å²) in [7, 11) is 0. The van der Waals surface area contributed by atoms with Crippen LogP contribution in [0.4, 0.5) is 5.69 Å². The Labute approximate surface area is 104 Å². The van der Waals surface area contributed by atoms with Gasteiger partial charge in [0.05, 0.1) is 0 Å². The van der Waals surface area contributed by atoms with Gasteiger partial charge < -0.3 is 15.1 Å². The van der Waals surface area contributed by atoms with Gasteiger partial charge in [-0.1, -0.05) is 0 Å². The molecule has 2 heterocycles. The standard InChI is InChI=1S/C12H14N2O4/c15-11(16)9-6-8(7-10(13-9)12(17)18)14-4-2-1-3-5-14/h6-7H,1-5H2,(H,15,16)(H,17,18). The predicted molar refractivity (Wildman–Crippen MR) is 64.2 cm³/mol. The summed E-state index contributed by atoms with van der Waals surface area (Å²) in [5.41, 5.74) is 0.172. The average molecular weight is 250 g/mol. The van der Waals surface area contributed by atoms with Gasteiger partial charge in [-0.2, -0.15) is 0 Å². The summed E-state index contributed by atoms with van der Waals surface area (Å²) in [6, 6.07) is 2.86. The van der Waals surface area contributed by atoms with Crippen LogP contribution in [-0.2, 0) is 0 Å². The molecule has 6 heteroatoms. The van der Waals surface area contributed by atoms with Gasteiger partial charge in [0.25, 0.3) is 0 Å². The number of carboxylic acid groups (broad SMARTS) is 2. The molecule has 0 spiro atoms. The number of aromatic nitrogens is 1. The molecule has 0 amide bonds. The lowest BCUT2D eigenvalue weighted by atomic mass is 10.1. The van der Waals surface area contributed by atoms with Crippen LogP contribution in [0, 0.1) is 0 Å². The van der Waals surface area contributed by atoms with Gasteiger partial charge in [0.2, 0.25) is 0 Å². The SMILES string of the molecule is O=C(O)c1cc(N2CCCCC2)cc(C(=O)O)n1. The third-order valence-corrected chi connectivity index (χ3v) is 2.97. The van der Waals surface area contributed by atoms with Gasteiger partial charge in [-0.05, 0) is 31.4 Å². The first-order chi connectivity index (χ1) is 8.58. The van der Waals surface area contributed by atoms with E-state index in [1.807, 2.05) is 4.90 Å². The first-order valence-corrected chi connectivity index (χ1v) is 5.81. The summed E-state index contributed by atoms with van der Waals surface area (Å²) in [6.07, 6.45) is 3.22. The van der Waals surface area contributed by atoms with Crippen LogP contribution in [-0.4, -0.2) is 40.2 Å². The van der Waals surface area contributed by atoms with Crippen LogP contribution in [0.2, 0.25) is 0 Å². The molecule has 0 aliphatic carbocycles. The van der Waals surface area contributed by atoms with Crippen LogP contribution < -0.4 is 4.90 Å². The Bertz CT molecular complexity index is 449. The highest BCUT2D eigenvalue weighted by molar-refractivity contribution is 5.91. The van der Waals surface area contributed by atoms with Crippen molar-refractivity contribution in [3.8, 4) is 0 Å². The lowest BCUT2D eigenvalue weighted by Crippen LogP contribution is -2.30. The number of hydrogen-bond donors (Lipinski definition) is 2. The van der Waals surface area contributed by atoms with E-state index >= 15 is 0 Å². The van der Waals surface area contributed by atoms with Crippen molar-refractivity contribution < 1.29 is 19.8 Å². The lowest BCUT2D eigenvalue weighted by molar-refractivity contribution is 0.0685. The van der Waals surface area contributed by atoms with Crippen molar-refractivity contribution in [3.63, 3.8) is 0 Å². The number of nitrogens with zero attached hydrogens (tertiary/aromatic N) is 2. The van der Waals surface area contributed by atoms with Gasteiger partial charge in [-0.25, -0.2) is 14.6 Å². The molecule has 0 aromatic carbocycles. The van der Waals surface area contributed by atoms with Gasteiger partial charge in [0.15, 0.2) is 11.4 Å². The fourth-order valence-corrected chi connectivity index (χ4v) is 2.07. The minimum Gasteiger partial charge on any atom is -0.477 e. The molecule has 18 heavy (non-hydrogen) atoms. The molecule has 1 aromatic heterocycles. The van der Waals surface area contributed by atoms with Crippen LogP contribution >= 0.6 is 0 Å². The first-order valence-electron chi connectivity index (χ1n) is 5.81. The number of carbonyl (C=O) groups is 2. The molecule has 0 saturated carbocycles. The number of rotatable bonds is 3. The van der Waals surface area contributed by atoms with Crippen molar-refractivity contribution in [2.45, 2.75) is 19.3 Å². The molecule has 0 unspecified atom stereocenters.